The molecule has 0 saturated heterocycles. The van der Waals surface area contributed by atoms with Gasteiger partial charge < -0.3 is 9.84 Å². The second-order valence-corrected chi connectivity index (χ2v) is 3.63. The van der Waals surface area contributed by atoms with E-state index in [4.69, 9.17) is 10.5 Å². The predicted molar refractivity (Wildman–Crippen MR) is 61.0 cm³/mol. The molecule has 16 heavy (non-hydrogen) atoms. The number of rotatable bonds is 5. The van der Waals surface area contributed by atoms with Gasteiger partial charge in [-0.15, -0.1) is 0 Å². The molecule has 0 radical (unpaired) electrons. The minimum atomic E-state index is -1.34. The highest BCUT2D eigenvalue weighted by Gasteiger charge is 2.36. The number of aliphatic hydroxyl groups excluding tert-OH is 1. The van der Waals surface area contributed by atoms with E-state index in [-0.39, 0.29) is 0 Å². The van der Waals surface area contributed by atoms with Crippen LogP contribution < -0.4 is 5.73 Å². The Morgan fingerprint density at radius 3 is 2.69 bits per heavy atom. The summed E-state index contributed by atoms with van der Waals surface area (Å²) in [4.78, 5) is 10.9. The van der Waals surface area contributed by atoms with Gasteiger partial charge in [0.25, 0.3) is 0 Å². The number of benzene rings is 1. The zero-order valence-electron chi connectivity index (χ0n) is 9.51. The van der Waals surface area contributed by atoms with Crippen LogP contribution in [0.4, 0.5) is 0 Å². The number of aliphatic hydroxyl groups is 1. The van der Waals surface area contributed by atoms with Gasteiger partial charge in [0.05, 0.1) is 0 Å². The summed E-state index contributed by atoms with van der Waals surface area (Å²) in [6.07, 6.45) is 0.286. The molecular weight excluding hydrogens is 206 g/mol. The van der Waals surface area contributed by atoms with Gasteiger partial charge in [0, 0.05) is 18.2 Å². The van der Waals surface area contributed by atoms with Crippen LogP contribution in [0.15, 0.2) is 24.3 Å². The molecule has 3 N–H and O–H groups in total. The molecule has 4 nitrogen and oxygen atoms in total. The van der Waals surface area contributed by atoms with E-state index in [0.717, 1.165) is 0 Å². The van der Waals surface area contributed by atoms with Crippen LogP contribution in [0, 0.1) is 0 Å². The summed E-state index contributed by atoms with van der Waals surface area (Å²) in [6, 6.07) is 6.82. The van der Waals surface area contributed by atoms with E-state index in [0.29, 0.717) is 23.8 Å². The van der Waals surface area contributed by atoms with Crippen molar-refractivity contribution in [3.05, 3.63) is 35.4 Å². The van der Waals surface area contributed by atoms with Crippen LogP contribution in [0.5, 0.6) is 0 Å². The molecule has 0 amide bonds. The van der Waals surface area contributed by atoms with Crippen molar-refractivity contribution < 1.29 is 14.6 Å². The van der Waals surface area contributed by atoms with Gasteiger partial charge in [-0.3, -0.25) is 10.5 Å². The van der Waals surface area contributed by atoms with Gasteiger partial charge >= 0.3 is 0 Å². The molecule has 0 aliphatic carbocycles. The molecule has 4 heteroatoms. The standard InChI is InChI=1S/C12H17NO3/c1-3-11(15)12(13,16-2)10-7-5-4-6-9(10)8-14/h4-8,11,15H,3,13H2,1-2H3/t11-,12-/m0/s1. The molecule has 1 rings (SSSR count). The first-order valence-electron chi connectivity index (χ1n) is 5.17. The molecule has 1 aromatic carbocycles. The van der Waals surface area contributed by atoms with Gasteiger partial charge in [-0.25, -0.2) is 0 Å². The lowest BCUT2D eigenvalue weighted by Gasteiger charge is -2.33. The lowest BCUT2D eigenvalue weighted by Crippen LogP contribution is -2.49. The molecule has 0 fully saturated rings. The second kappa shape index (κ2) is 5.21. The largest absolute Gasteiger partial charge is 0.388 e. The zero-order valence-corrected chi connectivity index (χ0v) is 9.51. The fraction of sp³-hybridized carbons (Fsp3) is 0.417. The van der Waals surface area contributed by atoms with Gasteiger partial charge in [-0.1, -0.05) is 31.2 Å². The third-order valence-electron chi connectivity index (χ3n) is 2.73. The van der Waals surface area contributed by atoms with Gasteiger partial charge in [0.15, 0.2) is 5.72 Å². The van der Waals surface area contributed by atoms with Crippen LogP contribution in [0.3, 0.4) is 0 Å². The zero-order chi connectivity index (χ0) is 12.2. The quantitative estimate of drug-likeness (QED) is 0.577. The summed E-state index contributed by atoms with van der Waals surface area (Å²) in [7, 11) is 1.42. The fourth-order valence-electron chi connectivity index (χ4n) is 1.68. The van der Waals surface area contributed by atoms with Crippen molar-refractivity contribution in [2.75, 3.05) is 7.11 Å². The molecule has 1 aromatic rings. The number of hydrogen-bond donors (Lipinski definition) is 2. The van der Waals surface area contributed by atoms with Crippen LogP contribution in [0.25, 0.3) is 0 Å². The van der Waals surface area contributed by atoms with Crippen molar-refractivity contribution in [2.45, 2.75) is 25.2 Å². The Morgan fingerprint density at radius 1 is 1.56 bits per heavy atom. The molecule has 0 saturated carbocycles. The van der Waals surface area contributed by atoms with E-state index in [1.165, 1.54) is 7.11 Å². The molecule has 88 valence electrons. The van der Waals surface area contributed by atoms with Gasteiger partial charge in [-0.05, 0) is 6.42 Å². The topological polar surface area (TPSA) is 72.6 Å². The summed E-state index contributed by atoms with van der Waals surface area (Å²) in [5.74, 6) is 0. The number of carbonyl (C=O) groups excluding carboxylic acids is 1. The van der Waals surface area contributed by atoms with Crippen molar-refractivity contribution in [3.63, 3.8) is 0 Å². The molecule has 0 unspecified atom stereocenters. The van der Waals surface area contributed by atoms with E-state index in [1.54, 1.807) is 31.2 Å². The van der Waals surface area contributed by atoms with Crippen molar-refractivity contribution in [2.24, 2.45) is 5.73 Å². The van der Waals surface area contributed by atoms with E-state index in [9.17, 15) is 9.90 Å². The van der Waals surface area contributed by atoms with Crippen molar-refractivity contribution in [1.29, 1.82) is 0 Å². The summed E-state index contributed by atoms with van der Waals surface area (Å²) in [5.41, 5.74) is 5.61. The average Bonchev–Trinajstić information content (AvgIpc) is 2.36. The van der Waals surface area contributed by atoms with Crippen LogP contribution in [0.2, 0.25) is 0 Å². The number of hydrogen-bond acceptors (Lipinski definition) is 4. The molecular formula is C12H17NO3. The Kier molecular flexibility index (Phi) is 4.18. The van der Waals surface area contributed by atoms with Crippen LogP contribution in [0.1, 0.15) is 29.3 Å². The van der Waals surface area contributed by atoms with E-state index in [2.05, 4.69) is 0 Å². The Balaban J connectivity index is 3.26. The first-order valence-corrected chi connectivity index (χ1v) is 5.17. The Hall–Kier alpha value is -1.23. The first kappa shape index (κ1) is 12.8. The summed E-state index contributed by atoms with van der Waals surface area (Å²) < 4.78 is 5.19. The molecule has 0 aliphatic heterocycles. The normalized spacial score (nSPS) is 16.5. The highest BCUT2D eigenvalue weighted by atomic mass is 16.5. The van der Waals surface area contributed by atoms with E-state index in [1.807, 2.05) is 0 Å². The third-order valence-corrected chi connectivity index (χ3v) is 2.73. The third kappa shape index (κ3) is 2.14. The van der Waals surface area contributed by atoms with Gasteiger partial charge in [0.1, 0.15) is 12.4 Å². The smallest absolute Gasteiger partial charge is 0.169 e. The number of carbonyl (C=O) groups is 1. The van der Waals surface area contributed by atoms with Crippen LogP contribution in [-0.2, 0) is 10.5 Å². The van der Waals surface area contributed by atoms with Crippen LogP contribution in [-0.4, -0.2) is 24.6 Å². The highest BCUT2D eigenvalue weighted by molar-refractivity contribution is 5.77. The maximum absolute atomic E-state index is 10.9. The van der Waals surface area contributed by atoms with Crippen molar-refractivity contribution >= 4 is 6.29 Å². The Labute approximate surface area is 95.0 Å². The molecule has 0 heterocycles. The van der Waals surface area contributed by atoms with Crippen LogP contribution >= 0.6 is 0 Å². The van der Waals surface area contributed by atoms with E-state index >= 15 is 0 Å². The average molecular weight is 223 g/mol. The molecule has 0 bridgehead atoms. The van der Waals surface area contributed by atoms with Crippen molar-refractivity contribution in [1.82, 2.24) is 0 Å². The van der Waals surface area contributed by atoms with E-state index < -0.39 is 11.8 Å². The summed E-state index contributed by atoms with van der Waals surface area (Å²) in [5, 5.41) is 9.88. The maximum Gasteiger partial charge on any atom is 0.169 e. The predicted octanol–water partition coefficient (Wildman–Crippen LogP) is 1.03. The molecule has 0 aliphatic rings. The first-order chi connectivity index (χ1) is 7.60. The Bertz CT molecular complexity index is 367. The highest BCUT2D eigenvalue weighted by Crippen LogP contribution is 2.27. The number of aldehydes is 1. The molecule has 0 aromatic heterocycles. The number of nitrogens with two attached hydrogens (primary N) is 1. The molecule has 0 spiro atoms. The SMILES string of the molecule is CC[C@H](O)[C@@](N)(OC)c1ccccc1C=O. The fourth-order valence-corrected chi connectivity index (χ4v) is 1.68. The minimum Gasteiger partial charge on any atom is -0.388 e. The maximum atomic E-state index is 10.9. The second-order valence-electron chi connectivity index (χ2n) is 3.63. The number of ether oxygens (including phenoxy) is 1. The lowest BCUT2D eigenvalue weighted by molar-refractivity contribution is -0.106. The molecule has 2 atom stereocenters. The van der Waals surface area contributed by atoms with Gasteiger partial charge in [0.2, 0.25) is 0 Å². The van der Waals surface area contributed by atoms with Gasteiger partial charge in [-0.2, -0.15) is 0 Å². The lowest BCUT2D eigenvalue weighted by atomic mass is 9.92. The number of methoxy groups -OCH3 is 1. The van der Waals surface area contributed by atoms with Crippen molar-refractivity contribution in [3.8, 4) is 0 Å². The Morgan fingerprint density at radius 2 is 2.19 bits per heavy atom. The summed E-state index contributed by atoms with van der Waals surface area (Å²) in [6.45, 7) is 1.80. The summed E-state index contributed by atoms with van der Waals surface area (Å²) >= 11 is 0. The minimum absolute atomic E-state index is 0.430. The monoisotopic (exact) mass is 223 g/mol.